The minimum Gasteiger partial charge on any atom is -0.442 e. The number of cyclic esters (lactones) is 1. The topological polar surface area (TPSA) is 104 Å². The first kappa shape index (κ1) is 18.8. The van der Waals surface area contributed by atoms with Crippen LogP contribution in [-0.4, -0.2) is 61.3 Å². The maximum absolute atomic E-state index is 12.3. The summed E-state index contributed by atoms with van der Waals surface area (Å²) in [5.41, 5.74) is 8.29. The van der Waals surface area contributed by atoms with E-state index in [1.54, 1.807) is 4.90 Å². The Kier molecular flexibility index (Phi) is 5.70. The lowest BCUT2D eigenvalue weighted by molar-refractivity contribution is 0.122. The maximum Gasteiger partial charge on any atom is 0.414 e. The van der Waals surface area contributed by atoms with Gasteiger partial charge in [0.25, 0.3) is 0 Å². The normalized spacial score (nSPS) is 19.9. The van der Waals surface area contributed by atoms with Gasteiger partial charge in [0.05, 0.1) is 19.6 Å². The Morgan fingerprint density at radius 1 is 1.41 bits per heavy atom. The van der Waals surface area contributed by atoms with Gasteiger partial charge in [-0.1, -0.05) is 0 Å². The third kappa shape index (κ3) is 4.25. The number of amides is 1. The second-order valence-corrected chi connectivity index (χ2v) is 6.60. The van der Waals surface area contributed by atoms with Crippen LogP contribution in [0, 0.1) is 6.92 Å². The molecule has 1 atom stereocenters. The van der Waals surface area contributed by atoms with Crippen molar-refractivity contribution in [3.8, 4) is 0 Å². The van der Waals surface area contributed by atoms with Gasteiger partial charge < -0.3 is 20.4 Å². The fourth-order valence-corrected chi connectivity index (χ4v) is 3.26. The minimum absolute atomic E-state index is 0.312. The van der Waals surface area contributed by atoms with E-state index in [2.05, 4.69) is 16.9 Å². The number of carbonyl (C=O) groups is 1. The van der Waals surface area contributed by atoms with Crippen LogP contribution in [-0.2, 0) is 4.74 Å². The van der Waals surface area contributed by atoms with Crippen molar-refractivity contribution >= 4 is 23.8 Å². The first-order chi connectivity index (χ1) is 13.0. The Hall–Kier alpha value is -2.94. The van der Waals surface area contributed by atoms with Crippen molar-refractivity contribution in [2.24, 2.45) is 16.7 Å². The number of hydrogen-bond acceptors (Lipinski definition) is 8. The molecule has 1 amide bonds. The Morgan fingerprint density at radius 2 is 2.22 bits per heavy atom. The van der Waals surface area contributed by atoms with Crippen LogP contribution in [0.5, 0.6) is 0 Å². The summed E-state index contributed by atoms with van der Waals surface area (Å²) in [6.07, 6.45) is 4.06. The van der Waals surface area contributed by atoms with E-state index in [9.17, 15) is 4.79 Å². The van der Waals surface area contributed by atoms with Gasteiger partial charge in [-0.15, -0.1) is 0 Å². The van der Waals surface area contributed by atoms with Gasteiger partial charge in [-0.05, 0) is 37.6 Å². The number of rotatable bonds is 6. The third-order valence-corrected chi connectivity index (χ3v) is 4.69. The smallest absolute Gasteiger partial charge is 0.414 e. The molecule has 2 heterocycles. The van der Waals surface area contributed by atoms with E-state index in [1.807, 2.05) is 36.5 Å². The van der Waals surface area contributed by atoms with Crippen LogP contribution in [0.15, 0.2) is 35.7 Å². The van der Waals surface area contributed by atoms with E-state index >= 15 is 0 Å². The summed E-state index contributed by atoms with van der Waals surface area (Å²) in [6, 6.07) is 5.95. The van der Waals surface area contributed by atoms with Crippen LogP contribution in [0.1, 0.15) is 12.5 Å². The summed E-state index contributed by atoms with van der Waals surface area (Å²) in [5, 5.41) is 7.87. The predicted octanol–water partition coefficient (Wildman–Crippen LogP) is 1.01. The van der Waals surface area contributed by atoms with E-state index < -0.39 is 0 Å². The number of carbonyl (C=O) groups excluding carboxylic acids is 1. The van der Waals surface area contributed by atoms with E-state index in [0.717, 1.165) is 36.6 Å². The first-order valence-electron chi connectivity index (χ1n) is 9.06. The quantitative estimate of drug-likeness (QED) is 0.566. The molecule has 1 aromatic carbocycles. The lowest BCUT2D eigenvalue weighted by Crippen LogP contribution is -2.38. The van der Waals surface area contributed by atoms with Gasteiger partial charge in [-0.25, -0.2) is 10.6 Å². The van der Waals surface area contributed by atoms with Gasteiger partial charge in [0.1, 0.15) is 12.4 Å². The molecule has 1 saturated heterocycles. The SMILES string of the molecule is CCN1CCN(c2ccc(N3CC(CN(N)/C=C\N)OC3=O)cc2C)C=N1. The molecule has 1 fully saturated rings. The molecule has 0 aromatic heterocycles. The number of anilines is 2. The Morgan fingerprint density at radius 3 is 2.85 bits per heavy atom. The van der Waals surface area contributed by atoms with Crippen LogP contribution in [0.25, 0.3) is 0 Å². The number of ether oxygens (including phenoxy) is 1. The van der Waals surface area contributed by atoms with Crippen molar-refractivity contribution in [3.05, 3.63) is 36.2 Å². The molecule has 3 rings (SSSR count). The molecule has 0 aliphatic carbocycles. The largest absolute Gasteiger partial charge is 0.442 e. The van der Waals surface area contributed by atoms with Gasteiger partial charge in [0.15, 0.2) is 0 Å². The monoisotopic (exact) mass is 373 g/mol. The number of benzene rings is 1. The van der Waals surface area contributed by atoms with Crippen LogP contribution in [0.3, 0.4) is 0 Å². The van der Waals surface area contributed by atoms with Gasteiger partial charge in [0.2, 0.25) is 0 Å². The Balaban J connectivity index is 1.69. The molecule has 146 valence electrons. The summed E-state index contributed by atoms with van der Waals surface area (Å²) < 4.78 is 5.41. The zero-order chi connectivity index (χ0) is 19.4. The van der Waals surface area contributed by atoms with Crippen molar-refractivity contribution in [2.75, 3.05) is 42.5 Å². The van der Waals surface area contributed by atoms with E-state index in [4.69, 9.17) is 16.3 Å². The molecule has 4 N–H and O–H groups in total. The highest BCUT2D eigenvalue weighted by molar-refractivity contribution is 5.91. The van der Waals surface area contributed by atoms with Crippen LogP contribution < -0.4 is 21.4 Å². The van der Waals surface area contributed by atoms with Crippen molar-refractivity contribution in [1.82, 2.24) is 10.0 Å². The molecule has 27 heavy (non-hydrogen) atoms. The lowest BCUT2D eigenvalue weighted by atomic mass is 10.1. The highest BCUT2D eigenvalue weighted by atomic mass is 16.6. The molecule has 9 nitrogen and oxygen atoms in total. The minimum atomic E-state index is -0.365. The predicted molar refractivity (Wildman–Crippen MR) is 106 cm³/mol. The standard InChI is InChI=1S/C18H27N7O2/c1-3-24-9-8-22(13-21-24)17-5-4-15(10-14(17)2)25-12-16(27-18(25)26)11-23(20)7-6-19/h4-7,10,13,16H,3,8-9,11-12,19-20H2,1-2H3/b7-6-. The third-order valence-electron chi connectivity index (χ3n) is 4.69. The van der Waals surface area contributed by atoms with Crippen molar-refractivity contribution in [2.45, 2.75) is 20.0 Å². The van der Waals surface area contributed by atoms with Crippen LogP contribution >= 0.6 is 0 Å². The summed E-state index contributed by atoms with van der Waals surface area (Å²) in [5.74, 6) is 5.78. The molecule has 0 bridgehead atoms. The average Bonchev–Trinajstić information content (AvgIpc) is 3.02. The first-order valence-corrected chi connectivity index (χ1v) is 9.06. The molecular weight excluding hydrogens is 346 g/mol. The molecule has 0 saturated carbocycles. The van der Waals surface area contributed by atoms with Crippen molar-refractivity contribution in [3.63, 3.8) is 0 Å². The molecule has 1 aromatic rings. The van der Waals surface area contributed by atoms with Crippen LogP contribution in [0.2, 0.25) is 0 Å². The zero-order valence-corrected chi connectivity index (χ0v) is 15.8. The number of hydrazine groups is 1. The lowest BCUT2D eigenvalue weighted by Gasteiger charge is -2.30. The number of nitrogens with zero attached hydrogens (tertiary/aromatic N) is 5. The van der Waals surface area contributed by atoms with Crippen molar-refractivity contribution < 1.29 is 9.53 Å². The Bertz CT molecular complexity index is 736. The fraction of sp³-hybridized carbons (Fsp3) is 0.444. The van der Waals surface area contributed by atoms with E-state index in [-0.39, 0.29) is 12.2 Å². The average molecular weight is 373 g/mol. The van der Waals surface area contributed by atoms with Gasteiger partial charge >= 0.3 is 6.09 Å². The second kappa shape index (κ2) is 8.17. The molecule has 0 spiro atoms. The van der Waals surface area contributed by atoms with Crippen molar-refractivity contribution in [1.29, 1.82) is 0 Å². The second-order valence-electron chi connectivity index (χ2n) is 6.60. The zero-order valence-electron chi connectivity index (χ0n) is 15.8. The fourth-order valence-electron chi connectivity index (χ4n) is 3.26. The molecule has 2 aliphatic heterocycles. The van der Waals surface area contributed by atoms with E-state index in [1.165, 1.54) is 17.4 Å². The number of likely N-dealkylation sites (N-methyl/N-ethyl adjacent to an activating group) is 1. The summed E-state index contributed by atoms with van der Waals surface area (Å²) in [7, 11) is 0. The number of hydrogen-bond donors (Lipinski definition) is 2. The highest BCUT2D eigenvalue weighted by Crippen LogP contribution is 2.28. The summed E-state index contributed by atoms with van der Waals surface area (Å²) in [6.45, 7) is 7.62. The van der Waals surface area contributed by atoms with Crippen LogP contribution in [0.4, 0.5) is 16.2 Å². The summed E-state index contributed by atoms with van der Waals surface area (Å²) >= 11 is 0. The number of hydrazone groups is 1. The Labute approximate surface area is 159 Å². The summed E-state index contributed by atoms with van der Waals surface area (Å²) in [4.78, 5) is 16.0. The molecule has 2 aliphatic rings. The molecule has 9 heteroatoms. The van der Waals surface area contributed by atoms with Gasteiger partial charge in [-0.3, -0.25) is 9.91 Å². The maximum atomic E-state index is 12.3. The van der Waals surface area contributed by atoms with Gasteiger partial charge in [-0.2, -0.15) is 5.10 Å². The molecule has 0 radical (unpaired) electrons. The van der Waals surface area contributed by atoms with Gasteiger partial charge in [0, 0.05) is 36.9 Å². The molecule has 1 unspecified atom stereocenters. The number of nitrogens with two attached hydrogens (primary N) is 2. The molecular formula is C18H27N7O2. The van der Waals surface area contributed by atoms with E-state index in [0.29, 0.717) is 13.1 Å². The highest BCUT2D eigenvalue weighted by Gasteiger charge is 2.33. The number of aryl methyl sites for hydroxylation is 1.